The lowest BCUT2D eigenvalue weighted by atomic mass is 9.95. The molecule has 6 nitrogen and oxygen atoms in total. The van der Waals surface area contributed by atoms with Gasteiger partial charge in [-0.3, -0.25) is 4.79 Å². The van der Waals surface area contributed by atoms with Gasteiger partial charge in [0.25, 0.3) is 5.91 Å². The number of anilines is 1. The SMILES string of the molecule is CCCCC(CC)Cc1ccc(C(=O)Nc2cc(-c3nccs3)c3nsnc3c2-c2nccs2)s1. The van der Waals surface area contributed by atoms with Crippen molar-refractivity contribution in [2.24, 2.45) is 5.92 Å². The Morgan fingerprint density at radius 2 is 1.80 bits per heavy atom. The van der Waals surface area contributed by atoms with E-state index >= 15 is 0 Å². The number of thiophene rings is 1. The van der Waals surface area contributed by atoms with Crippen molar-refractivity contribution in [1.29, 1.82) is 0 Å². The summed E-state index contributed by atoms with van der Waals surface area (Å²) in [5.41, 5.74) is 3.87. The lowest BCUT2D eigenvalue weighted by Crippen LogP contribution is -2.11. The standard InChI is InChI=1S/C25H25N5OS4/c1-3-5-6-15(4-2)13-16-7-8-19(34-16)23(31)28-18-14-17(24-26-9-11-32-24)21-22(30-35-29-21)20(18)25-27-10-12-33-25/h7-12,14-15H,3-6,13H2,1-2H3,(H,28,31). The number of hydrogen-bond acceptors (Lipinski definition) is 9. The van der Waals surface area contributed by atoms with Gasteiger partial charge >= 0.3 is 0 Å². The Bertz CT molecular complexity index is 1410. The molecular weight excluding hydrogens is 515 g/mol. The third-order valence-corrected chi connectivity index (χ3v) is 9.25. The van der Waals surface area contributed by atoms with E-state index in [0.717, 1.165) is 56.7 Å². The molecule has 1 aromatic carbocycles. The molecule has 5 aromatic rings. The second kappa shape index (κ2) is 11.0. The summed E-state index contributed by atoms with van der Waals surface area (Å²) in [7, 11) is 0. The van der Waals surface area contributed by atoms with Crippen LogP contribution in [0.25, 0.3) is 32.2 Å². The van der Waals surface area contributed by atoms with E-state index in [9.17, 15) is 4.79 Å². The van der Waals surface area contributed by atoms with Crippen molar-refractivity contribution in [2.45, 2.75) is 46.0 Å². The molecule has 5 rings (SSSR count). The first-order valence-electron chi connectivity index (χ1n) is 11.7. The van der Waals surface area contributed by atoms with Crippen LogP contribution in [0.1, 0.15) is 54.1 Å². The number of benzene rings is 1. The van der Waals surface area contributed by atoms with Crippen LogP contribution in [0.15, 0.2) is 41.4 Å². The molecule has 0 aliphatic heterocycles. The maximum atomic E-state index is 13.4. The van der Waals surface area contributed by atoms with Crippen molar-refractivity contribution in [3.63, 3.8) is 0 Å². The van der Waals surface area contributed by atoms with Crippen molar-refractivity contribution in [3.8, 4) is 21.1 Å². The monoisotopic (exact) mass is 539 g/mol. The normalized spacial score (nSPS) is 12.3. The number of thiazole rings is 2. The number of nitrogens with one attached hydrogen (secondary N) is 1. The smallest absolute Gasteiger partial charge is 0.265 e. The number of carbonyl (C=O) groups excluding carboxylic acids is 1. The number of amides is 1. The molecule has 10 heteroatoms. The molecule has 1 N–H and O–H groups in total. The highest BCUT2D eigenvalue weighted by Gasteiger charge is 2.23. The van der Waals surface area contributed by atoms with Gasteiger partial charge in [0.2, 0.25) is 0 Å². The zero-order chi connectivity index (χ0) is 24.2. The number of aromatic nitrogens is 4. The lowest BCUT2D eigenvalue weighted by Gasteiger charge is -2.13. The number of carbonyl (C=O) groups is 1. The summed E-state index contributed by atoms with van der Waals surface area (Å²) in [4.78, 5) is 24.4. The zero-order valence-corrected chi connectivity index (χ0v) is 22.8. The fraction of sp³-hybridized carbons (Fsp3) is 0.320. The molecule has 180 valence electrons. The van der Waals surface area contributed by atoms with Crippen LogP contribution >= 0.6 is 45.7 Å². The minimum atomic E-state index is -0.117. The minimum absolute atomic E-state index is 0.117. The first-order chi connectivity index (χ1) is 17.2. The molecule has 0 saturated carbocycles. The van der Waals surface area contributed by atoms with Crippen LogP contribution in [-0.4, -0.2) is 24.6 Å². The van der Waals surface area contributed by atoms with Crippen molar-refractivity contribution < 1.29 is 4.79 Å². The summed E-state index contributed by atoms with van der Waals surface area (Å²) in [6, 6.07) is 6.00. The molecule has 0 radical (unpaired) electrons. The van der Waals surface area contributed by atoms with Crippen molar-refractivity contribution in [1.82, 2.24) is 18.7 Å². The van der Waals surface area contributed by atoms with Gasteiger partial charge in [0, 0.05) is 33.6 Å². The van der Waals surface area contributed by atoms with Gasteiger partial charge in [-0.25, -0.2) is 9.97 Å². The van der Waals surface area contributed by atoms with Crippen LogP contribution in [0, 0.1) is 5.92 Å². The molecule has 1 amide bonds. The molecule has 0 saturated heterocycles. The Balaban J connectivity index is 1.48. The van der Waals surface area contributed by atoms with E-state index in [0.29, 0.717) is 16.5 Å². The molecule has 0 bridgehead atoms. The topological polar surface area (TPSA) is 80.7 Å². The van der Waals surface area contributed by atoms with Crippen LogP contribution in [0.5, 0.6) is 0 Å². The Hall–Kier alpha value is -2.53. The Morgan fingerprint density at radius 1 is 1.03 bits per heavy atom. The van der Waals surface area contributed by atoms with Gasteiger partial charge in [0.05, 0.1) is 27.9 Å². The van der Waals surface area contributed by atoms with Gasteiger partial charge in [-0.2, -0.15) is 8.75 Å². The lowest BCUT2D eigenvalue weighted by molar-refractivity contribution is 0.103. The number of unbranched alkanes of at least 4 members (excludes halogenated alkanes) is 1. The number of hydrogen-bond donors (Lipinski definition) is 1. The first kappa shape index (κ1) is 24.2. The van der Waals surface area contributed by atoms with Gasteiger partial charge < -0.3 is 5.32 Å². The molecule has 0 spiro atoms. The predicted molar refractivity (Wildman–Crippen MR) is 149 cm³/mol. The third kappa shape index (κ3) is 5.20. The van der Waals surface area contributed by atoms with E-state index in [1.54, 1.807) is 35.1 Å². The minimum Gasteiger partial charge on any atom is -0.321 e. The molecule has 0 aliphatic rings. The van der Waals surface area contributed by atoms with Gasteiger partial charge in [-0.1, -0.05) is 39.5 Å². The van der Waals surface area contributed by atoms with E-state index in [4.69, 9.17) is 0 Å². The average molecular weight is 540 g/mol. The van der Waals surface area contributed by atoms with Crippen LogP contribution in [-0.2, 0) is 6.42 Å². The Kier molecular flexibility index (Phi) is 7.62. The fourth-order valence-corrected chi connectivity index (χ4v) is 7.08. The number of fused-ring (bicyclic) bond motifs is 1. The molecule has 1 atom stereocenters. The largest absolute Gasteiger partial charge is 0.321 e. The molecule has 0 aliphatic carbocycles. The summed E-state index contributed by atoms with van der Waals surface area (Å²) in [6.07, 6.45) is 9.45. The fourth-order valence-electron chi connectivity index (χ4n) is 4.14. The van der Waals surface area contributed by atoms with E-state index < -0.39 is 0 Å². The van der Waals surface area contributed by atoms with Crippen LogP contribution in [0.2, 0.25) is 0 Å². The van der Waals surface area contributed by atoms with E-state index in [1.165, 1.54) is 35.5 Å². The van der Waals surface area contributed by atoms with Crippen molar-refractivity contribution in [3.05, 3.63) is 51.1 Å². The molecule has 35 heavy (non-hydrogen) atoms. The summed E-state index contributed by atoms with van der Waals surface area (Å²) in [6.45, 7) is 4.49. The Labute approximate surface area is 220 Å². The molecule has 0 fully saturated rings. The summed E-state index contributed by atoms with van der Waals surface area (Å²) < 4.78 is 9.13. The van der Waals surface area contributed by atoms with E-state index in [1.807, 2.05) is 22.9 Å². The Morgan fingerprint density at radius 3 is 2.51 bits per heavy atom. The van der Waals surface area contributed by atoms with Crippen LogP contribution < -0.4 is 5.32 Å². The van der Waals surface area contributed by atoms with E-state index in [-0.39, 0.29) is 5.91 Å². The van der Waals surface area contributed by atoms with Gasteiger partial charge in [0.1, 0.15) is 21.0 Å². The van der Waals surface area contributed by atoms with Gasteiger partial charge in [0.15, 0.2) is 0 Å². The molecule has 4 aromatic heterocycles. The zero-order valence-electron chi connectivity index (χ0n) is 19.5. The maximum Gasteiger partial charge on any atom is 0.265 e. The van der Waals surface area contributed by atoms with Gasteiger partial charge in [-0.05, 0) is 30.5 Å². The third-order valence-electron chi connectivity index (χ3n) is 6.01. The number of nitrogens with zero attached hydrogens (tertiary/aromatic N) is 4. The highest BCUT2D eigenvalue weighted by Crippen LogP contribution is 2.41. The second-order valence-corrected chi connectivity index (χ2v) is 11.8. The van der Waals surface area contributed by atoms with Crippen molar-refractivity contribution >= 4 is 68.4 Å². The first-order valence-corrected chi connectivity index (χ1v) is 15.0. The highest BCUT2D eigenvalue weighted by molar-refractivity contribution is 7.14. The summed E-state index contributed by atoms with van der Waals surface area (Å²) >= 11 is 5.80. The highest BCUT2D eigenvalue weighted by atomic mass is 32.1. The number of rotatable bonds is 10. The average Bonchev–Trinajstić information content (AvgIpc) is 3.69. The second-order valence-electron chi connectivity index (χ2n) is 8.32. The summed E-state index contributed by atoms with van der Waals surface area (Å²) in [5, 5.41) is 8.68. The molecule has 1 unspecified atom stereocenters. The quantitative estimate of drug-likeness (QED) is 0.194. The van der Waals surface area contributed by atoms with Gasteiger partial charge in [-0.15, -0.1) is 34.0 Å². The predicted octanol–water partition coefficient (Wildman–Crippen LogP) is 8.01. The summed E-state index contributed by atoms with van der Waals surface area (Å²) in [5.74, 6) is 0.551. The van der Waals surface area contributed by atoms with E-state index in [2.05, 4.69) is 43.9 Å². The molecular formula is C25H25N5OS4. The maximum absolute atomic E-state index is 13.4. The van der Waals surface area contributed by atoms with Crippen LogP contribution in [0.3, 0.4) is 0 Å². The van der Waals surface area contributed by atoms with Crippen molar-refractivity contribution in [2.75, 3.05) is 5.32 Å². The molecule has 4 heterocycles. The van der Waals surface area contributed by atoms with Crippen LogP contribution in [0.4, 0.5) is 5.69 Å².